The van der Waals surface area contributed by atoms with E-state index in [9.17, 15) is 9.50 Å². The molecule has 0 aliphatic carbocycles. The van der Waals surface area contributed by atoms with Crippen LogP contribution >= 0.6 is 15.9 Å². The highest BCUT2D eigenvalue weighted by Crippen LogP contribution is 2.33. The van der Waals surface area contributed by atoms with Crippen molar-refractivity contribution >= 4 is 15.9 Å². The predicted molar refractivity (Wildman–Crippen MR) is 79.2 cm³/mol. The van der Waals surface area contributed by atoms with Crippen molar-refractivity contribution in [3.63, 3.8) is 0 Å². The molecule has 0 atom stereocenters. The molecule has 0 saturated heterocycles. The first-order chi connectivity index (χ1) is 10.1. The Kier molecular flexibility index (Phi) is 3.47. The molecule has 1 heterocycles. The quantitative estimate of drug-likeness (QED) is 0.749. The second-order valence-corrected chi connectivity index (χ2v) is 5.37. The highest BCUT2D eigenvalue weighted by molar-refractivity contribution is 9.10. The van der Waals surface area contributed by atoms with Crippen LogP contribution in [0.15, 0.2) is 45.4 Å². The van der Waals surface area contributed by atoms with Crippen molar-refractivity contribution in [2.45, 2.75) is 6.92 Å². The molecule has 106 valence electrons. The number of para-hydroxylation sites is 1. The number of aromatic hydroxyl groups is 1. The van der Waals surface area contributed by atoms with Crippen LogP contribution in [0, 0.1) is 12.7 Å². The Labute approximate surface area is 128 Å². The average molecular weight is 349 g/mol. The first-order valence-corrected chi connectivity index (χ1v) is 6.93. The summed E-state index contributed by atoms with van der Waals surface area (Å²) in [7, 11) is 0. The van der Waals surface area contributed by atoms with Crippen molar-refractivity contribution in [2.24, 2.45) is 0 Å². The largest absolute Gasteiger partial charge is 0.507 e. The van der Waals surface area contributed by atoms with Gasteiger partial charge in [-0.05, 0) is 36.8 Å². The van der Waals surface area contributed by atoms with E-state index in [1.165, 1.54) is 12.1 Å². The lowest BCUT2D eigenvalue weighted by molar-refractivity contribution is 0.425. The molecule has 0 spiro atoms. The third kappa shape index (κ3) is 2.54. The van der Waals surface area contributed by atoms with E-state index in [1.54, 1.807) is 31.2 Å². The summed E-state index contributed by atoms with van der Waals surface area (Å²) >= 11 is 3.32. The lowest BCUT2D eigenvalue weighted by atomic mass is 10.1. The smallest absolute Gasteiger partial charge is 0.262 e. The van der Waals surface area contributed by atoms with Crippen molar-refractivity contribution in [2.75, 3.05) is 0 Å². The zero-order chi connectivity index (χ0) is 15.0. The first-order valence-electron chi connectivity index (χ1n) is 6.14. The summed E-state index contributed by atoms with van der Waals surface area (Å²) in [5.41, 5.74) is 1.64. The molecule has 6 heteroatoms. The van der Waals surface area contributed by atoms with E-state index >= 15 is 0 Å². The van der Waals surface area contributed by atoms with Gasteiger partial charge in [-0.3, -0.25) is 0 Å². The number of benzene rings is 2. The van der Waals surface area contributed by atoms with Crippen molar-refractivity contribution < 1.29 is 14.0 Å². The molecule has 1 aromatic heterocycles. The second kappa shape index (κ2) is 5.29. The van der Waals surface area contributed by atoms with Crippen LogP contribution in [0.1, 0.15) is 5.56 Å². The third-order valence-electron chi connectivity index (χ3n) is 3.06. The second-order valence-electron chi connectivity index (χ2n) is 4.52. The van der Waals surface area contributed by atoms with Gasteiger partial charge in [-0.15, -0.1) is 0 Å². The Morgan fingerprint density at radius 1 is 1.19 bits per heavy atom. The molecule has 0 fully saturated rings. The van der Waals surface area contributed by atoms with E-state index in [0.717, 1.165) is 0 Å². The van der Waals surface area contributed by atoms with Crippen molar-refractivity contribution in [3.05, 3.63) is 52.3 Å². The SMILES string of the molecule is Cc1cccc(-c2nc(-c3cc(F)ccc3Br)no2)c1O. The molecule has 2 aromatic carbocycles. The Bertz CT molecular complexity index is 801. The standard InChI is InChI=1S/C15H10BrFN2O2/c1-8-3-2-4-10(13(8)20)15-18-14(19-21-15)11-7-9(17)5-6-12(11)16/h2-7,20H,1H3. The highest BCUT2D eigenvalue weighted by atomic mass is 79.9. The van der Waals surface area contributed by atoms with Crippen LogP contribution in [-0.4, -0.2) is 15.2 Å². The van der Waals surface area contributed by atoms with Gasteiger partial charge in [0.2, 0.25) is 5.82 Å². The molecular weight excluding hydrogens is 339 g/mol. The molecule has 1 N–H and O–H groups in total. The molecule has 0 aliphatic rings. The van der Waals surface area contributed by atoms with Crippen LogP contribution < -0.4 is 0 Å². The van der Waals surface area contributed by atoms with Crippen LogP contribution in [0.5, 0.6) is 5.75 Å². The number of rotatable bonds is 2. The summed E-state index contributed by atoms with van der Waals surface area (Å²) in [6.45, 7) is 1.78. The minimum atomic E-state index is -0.391. The third-order valence-corrected chi connectivity index (χ3v) is 3.76. The van der Waals surface area contributed by atoms with E-state index in [2.05, 4.69) is 26.1 Å². The number of aromatic nitrogens is 2. The van der Waals surface area contributed by atoms with Crippen LogP contribution in [0.3, 0.4) is 0 Å². The number of phenolic OH excluding ortho intramolecular Hbond substituents is 1. The van der Waals surface area contributed by atoms with Gasteiger partial charge in [0.1, 0.15) is 11.6 Å². The van der Waals surface area contributed by atoms with Crippen LogP contribution in [0.25, 0.3) is 22.8 Å². The lowest BCUT2D eigenvalue weighted by Crippen LogP contribution is -1.86. The van der Waals surface area contributed by atoms with Crippen LogP contribution in [0.2, 0.25) is 0 Å². The van der Waals surface area contributed by atoms with Gasteiger partial charge >= 0.3 is 0 Å². The molecule has 0 amide bonds. The fourth-order valence-corrected chi connectivity index (χ4v) is 2.37. The highest BCUT2D eigenvalue weighted by Gasteiger charge is 2.16. The monoisotopic (exact) mass is 348 g/mol. The Hall–Kier alpha value is -2.21. The maximum atomic E-state index is 13.3. The van der Waals surface area contributed by atoms with E-state index < -0.39 is 5.82 Å². The predicted octanol–water partition coefficient (Wildman–Crippen LogP) is 4.32. The first kappa shape index (κ1) is 13.8. The summed E-state index contributed by atoms with van der Waals surface area (Å²) in [5.74, 6) is 0.128. The normalized spacial score (nSPS) is 10.8. The zero-order valence-electron chi connectivity index (χ0n) is 11.0. The topological polar surface area (TPSA) is 59.2 Å². The fraction of sp³-hybridized carbons (Fsp3) is 0.0667. The maximum Gasteiger partial charge on any atom is 0.262 e. The Morgan fingerprint density at radius 3 is 2.81 bits per heavy atom. The molecule has 0 bridgehead atoms. The summed E-state index contributed by atoms with van der Waals surface area (Å²) in [6, 6.07) is 9.46. The van der Waals surface area contributed by atoms with Gasteiger partial charge in [0.05, 0.1) is 5.56 Å². The lowest BCUT2D eigenvalue weighted by Gasteiger charge is -2.01. The molecule has 4 nitrogen and oxygen atoms in total. The summed E-state index contributed by atoms with van der Waals surface area (Å²) in [6.07, 6.45) is 0. The molecule has 0 aliphatic heterocycles. The van der Waals surface area contributed by atoms with Gasteiger partial charge in [0.25, 0.3) is 5.89 Å². The number of hydrogen-bond acceptors (Lipinski definition) is 4. The molecule has 3 rings (SSSR count). The average Bonchev–Trinajstić information content (AvgIpc) is 2.94. The van der Waals surface area contributed by atoms with Gasteiger partial charge in [0, 0.05) is 10.0 Å². The fourth-order valence-electron chi connectivity index (χ4n) is 1.94. The molecule has 0 radical (unpaired) electrons. The molecule has 0 saturated carbocycles. The minimum absolute atomic E-state index is 0.0889. The molecule has 0 unspecified atom stereocenters. The van der Waals surface area contributed by atoms with Gasteiger partial charge in [-0.1, -0.05) is 33.2 Å². The van der Waals surface area contributed by atoms with Crippen LogP contribution in [0.4, 0.5) is 4.39 Å². The summed E-state index contributed by atoms with van der Waals surface area (Å²) < 4.78 is 19.2. The molecule has 21 heavy (non-hydrogen) atoms. The Morgan fingerprint density at radius 2 is 2.00 bits per heavy atom. The summed E-state index contributed by atoms with van der Waals surface area (Å²) in [4.78, 5) is 4.22. The van der Waals surface area contributed by atoms with E-state index in [0.29, 0.717) is 21.2 Å². The van der Waals surface area contributed by atoms with Crippen molar-refractivity contribution in [1.82, 2.24) is 10.1 Å². The Balaban J connectivity index is 2.08. The number of nitrogens with zero attached hydrogens (tertiary/aromatic N) is 2. The number of aryl methyl sites for hydroxylation is 1. The number of halogens is 2. The minimum Gasteiger partial charge on any atom is -0.507 e. The summed E-state index contributed by atoms with van der Waals surface area (Å²) in [5, 5.41) is 13.9. The van der Waals surface area contributed by atoms with E-state index in [4.69, 9.17) is 4.52 Å². The maximum absolute atomic E-state index is 13.3. The van der Waals surface area contributed by atoms with Gasteiger partial charge in [0.15, 0.2) is 0 Å². The zero-order valence-corrected chi connectivity index (χ0v) is 12.6. The molecule has 3 aromatic rings. The molecular formula is C15H10BrFN2O2. The van der Waals surface area contributed by atoms with E-state index in [-0.39, 0.29) is 17.5 Å². The van der Waals surface area contributed by atoms with E-state index in [1.807, 2.05) is 0 Å². The van der Waals surface area contributed by atoms with Gasteiger partial charge in [-0.25, -0.2) is 4.39 Å². The number of phenols is 1. The van der Waals surface area contributed by atoms with Crippen molar-refractivity contribution in [1.29, 1.82) is 0 Å². The number of hydrogen-bond donors (Lipinski definition) is 1. The van der Waals surface area contributed by atoms with Crippen LogP contribution in [-0.2, 0) is 0 Å². The van der Waals surface area contributed by atoms with Crippen molar-refractivity contribution in [3.8, 4) is 28.6 Å². The van der Waals surface area contributed by atoms with Gasteiger partial charge in [-0.2, -0.15) is 4.98 Å². The van der Waals surface area contributed by atoms with Gasteiger partial charge < -0.3 is 9.63 Å².